The van der Waals surface area contributed by atoms with Gasteiger partial charge in [-0.25, -0.2) is 23.7 Å². The Morgan fingerprint density at radius 2 is 1.93 bits per heavy atom. The molecule has 1 fully saturated rings. The van der Waals surface area contributed by atoms with Gasteiger partial charge in [0.25, 0.3) is 0 Å². The minimum absolute atomic E-state index is 0.318. The van der Waals surface area contributed by atoms with E-state index in [1.807, 2.05) is 0 Å². The van der Waals surface area contributed by atoms with Crippen LogP contribution in [0.1, 0.15) is 12.8 Å². The number of nitrogen functional groups attached to an aromatic ring is 1. The van der Waals surface area contributed by atoms with Gasteiger partial charge in [0.05, 0.1) is 12.0 Å². The quantitative estimate of drug-likeness (QED) is 0.332. The lowest BCUT2D eigenvalue weighted by Gasteiger charge is -2.17. The minimum atomic E-state index is -5.55. The molecule has 0 radical (unpaired) electrons. The van der Waals surface area contributed by atoms with E-state index in [-0.39, 0.29) is 0 Å². The van der Waals surface area contributed by atoms with Gasteiger partial charge in [-0.15, -0.1) is 0 Å². The molecule has 0 aliphatic carbocycles. The summed E-state index contributed by atoms with van der Waals surface area (Å²) in [5.74, 6) is 0.822. The summed E-state index contributed by atoms with van der Waals surface area (Å²) in [6.45, 7) is -0.511. The maximum absolute atomic E-state index is 11.7. The largest absolute Gasteiger partial charge is 0.491 e. The fourth-order valence-corrected chi connectivity index (χ4v) is 5.63. The molecular formula is C12H17N4O11P3. The third kappa shape index (κ3) is 6.19. The number of rotatable bonds is 8. The molecule has 6 N–H and O–H groups in total. The van der Waals surface area contributed by atoms with E-state index in [9.17, 15) is 18.6 Å². The Morgan fingerprint density at radius 1 is 1.20 bits per heavy atom. The average Bonchev–Trinajstić information content (AvgIpc) is 3.18. The first-order chi connectivity index (χ1) is 13.8. The number of nitrogens with zero attached hydrogens (tertiary/aromatic N) is 3. The van der Waals surface area contributed by atoms with Crippen LogP contribution in [0.4, 0.5) is 5.82 Å². The zero-order chi connectivity index (χ0) is 22.2. The molecule has 1 aliphatic heterocycles. The standard InChI is InChI=1S/C12H17N4O11P3/c13-11-10-3-4-16(12(10)15-7-14-11)5-8-1-2-9(25-8)6-24-29(20,21)27-30(22,23)26-28(17,18)19/h3-5,7,9H,1-2,6H2,(H,20,21)(H,22,23)(H2,13,14,15)(H2,17,18,19)/b8-5-/t9-/m0/s1. The number of ether oxygens (including phenoxy) is 1. The van der Waals surface area contributed by atoms with Gasteiger partial charge in [-0.3, -0.25) is 4.52 Å². The Balaban J connectivity index is 1.59. The second kappa shape index (κ2) is 8.48. The Bertz CT molecular complexity index is 1110. The van der Waals surface area contributed by atoms with E-state index in [0.29, 0.717) is 35.5 Å². The summed E-state index contributed by atoms with van der Waals surface area (Å²) in [5, 5.41) is 0.650. The van der Waals surface area contributed by atoms with E-state index < -0.39 is 36.2 Å². The predicted molar refractivity (Wildman–Crippen MR) is 100 cm³/mol. The number of allylic oxidation sites excluding steroid dienone is 1. The SMILES string of the molecule is Nc1ncnc2c1ccn2/C=C1/CC[C@@H](COP(=O)(O)OP(=O)(O)OP(=O)(O)O)O1. The lowest BCUT2D eigenvalue weighted by molar-refractivity contribution is 0.0817. The highest BCUT2D eigenvalue weighted by Gasteiger charge is 2.41. The molecule has 0 bridgehead atoms. The number of hydrogen-bond acceptors (Lipinski definition) is 10. The highest BCUT2D eigenvalue weighted by Crippen LogP contribution is 2.66. The van der Waals surface area contributed by atoms with Crippen LogP contribution < -0.4 is 5.73 Å². The van der Waals surface area contributed by atoms with Crippen LogP contribution in [0.5, 0.6) is 0 Å². The van der Waals surface area contributed by atoms with Gasteiger partial charge in [0, 0.05) is 18.8 Å². The second-order valence-corrected chi connectivity index (χ2v) is 10.4. The molecule has 3 atom stereocenters. The van der Waals surface area contributed by atoms with Gasteiger partial charge in [-0.2, -0.15) is 8.62 Å². The van der Waals surface area contributed by atoms with Gasteiger partial charge in [0.1, 0.15) is 29.7 Å². The summed E-state index contributed by atoms with van der Waals surface area (Å²) in [6, 6.07) is 1.73. The topological polar surface area (TPSA) is 226 Å². The molecule has 3 rings (SSSR count). The highest BCUT2D eigenvalue weighted by molar-refractivity contribution is 7.66. The molecule has 2 unspecified atom stereocenters. The summed E-state index contributed by atoms with van der Waals surface area (Å²) in [4.78, 5) is 43.6. The molecule has 30 heavy (non-hydrogen) atoms. The van der Waals surface area contributed by atoms with Gasteiger partial charge in [0.2, 0.25) is 0 Å². The van der Waals surface area contributed by atoms with Crippen molar-refractivity contribution in [1.82, 2.24) is 14.5 Å². The molecule has 0 spiro atoms. The molecule has 18 heteroatoms. The first kappa shape index (κ1) is 23.0. The molecule has 0 aromatic carbocycles. The Kier molecular flexibility index (Phi) is 6.51. The van der Waals surface area contributed by atoms with Gasteiger partial charge in [0.15, 0.2) is 0 Å². The third-order valence-electron chi connectivity index (χ3n) is 3.69. The maximum atomic E-state index is 11.7. The van der Waals surface area contributed by atoms with Crippen molar-refractivity contribution in [3.63, 3.8) is 0 Å². The lowest BCUT2D eigenvalue weighted by atomic mass is 10.2. The second-order valence-electron chi connectivity index (χ2n) is 5.98. The first-order valence-corrected chi connectivity index (χ1v) is 12.6. The van der Waals surface area contributed by atoms with Crippen LogP contribution in [0.25, 0.3) is 17.2 Å². The third-order valence-corrected chi connectivity index (χ3v) is 7.50. The first-order valence-electron chi connectivity index (χ1n) is 8.06. The zero-order valence-corrected chi connectivity index (χ0v) is 17.6. The number of hydrogen-bond donors (Lipinski definition) is 5. The van der Waals surface area contributed by atoms with Gasteiger partial charge in [-0.1, -0.05) is 0 Å². The van der Waals surface area contributed by atoms with Crippen molar-refractivity contribution in [2.75, 3.05) is 12.3 Å². The van der Waals surface area contributed by atoms with Crippen LogP contribution in [0.15, 0.2) is 24.3 Å². The van der Waals surface area contributed by atoms with E-state index in [1.165, 1.54) is 6.33 Å². The number of phosphoric ester groups is 1. The molecule has 2 aromatic heterocycles. The Labute approximate surface area is 168 Å². The molecule has 3 heterocycles. The van der Waals surface area contributed by atoms with Crippen LogP contribution in [0.3, 0.4) is 0 Å². The summed E-state index contributed by atoms with van der Waals surface area (Å²) < 4.78 is 52.7. The number of fused-ring (bicyclic) bond motifs is 1. The molecular weight excluding hydrogens is 469 g/mol. The normalized spacial score (nSPS) is 22.7. The molecule has 2 aromatic rings. The molecule has 1 saturated heterocycles. The smallest absolute Gasteiger partial charge is 0.490 e. The van der Waals surface area contributed by atoms with Gasteiger partial charge < -0.3 is 34.6 Å². The van der Waals surface area contributed by atoms with Crippen molar-refractivity contribution in [3.05, 3.63) is 24.3 Å². The fourth-order valence-electron chi connectivity index (χ4n) is 2.58. The number of aromatic nitrogens is 3. The Hall–Kier alpha value is -1.63. The van der Waals surface area contributed by atoms with Crippen molar-refractivity contribution in [3.8, 4) is 0 Å². The summed E-state index contributed by atoms with van der Waals surface area (Å²) in [6.07, 6.45) is 4.80. The monoisotopic (exact) mass is 486 g/mol. The minimum Gasteiger partial charge on any atom is -0.491 e. The average molecular weight is 486 g/mol. The van der Waals surface area contributed by atoms with E-state index in [4.69, 9.17) is 25.2 Å². The summed E-state index contributed by atoms with van der Waals surface area (Å²) >= 11 is 0. The summed E-state index contributed by atoms with van der Waals surface area (Å²) in [5.41, 5.74) is 6.32. The molecule has 1 aliphatic rings. The lowest BCUT2D eigenvalue weighted by Crippen LogP contribution is -2.13. The van der Waals surface area contributed by atoms with E-state index in [0.717, 1.165) is 0 Å². The fraction of sp³-hybridized carbons (Fsp3) is 0.333. The van der Waals surface area contributed by atoms with Gasteiger partial charge >= 0.3 is 23.5 Å². The molecule has 0 amide bonds. The Morgan fingerprint density at radius 3 is 2.63 bits per heavy atom. The zero-order valence-electron chi connectivity index (χ0n) is 14.9. The number of phosphoric acid groups is 3. The molecule has 166 valence electrons. The highest BCUT2D eigenvalue weighted by atomic mass is 31.3. The van der Waals surface area contributed by atoms with Crippen molar-refractivity contribution >= 4 is 46.5 Å². The van der Waals surface area contributed by atoms with Crippen molar-refractivity contribution in [2.45, 2.75) is 18.9 Å². The maximum Gasteiger partial charge on any atom is 0.490 e. The van der Waals surface area contributed by atoms with Crippen molar-refractivity contribution in [2.24, 2.45) is 0 Å². The van der Waals surface area contributed by atoms with Crippen LogP contribution >= 0.6 is 23.5 Å². The van der Waals surface area contributed by atoms with Crippen LogP contribution in [-0.4, -0.2) is 46.8 Å². The van der Waals surface area contributed by atoms with E-state index >= 15 is 0 Å². The van der Waals surface area contributed by atoms with Crippen LogP contribution in [0.2, 0.25) is 0 Å². The van der Waals surface area contributed by atoms with E-state index in [2.05, 4.69) is 23.1 Å². The molecule has 15 nitrogen and oxygen atoms in total. The van der Waals surface area contributed by atoms with Crippen molar-refractivity contribution < 1.29 is 51.2 Å². The van der Waals surface area contributed by atoms with Crippen molar-refractivity contribution in [1.29, 1.82) is 0 Å². The van der Waals surface area contributed by atoms with Crippen LogP contribution in [0, 0.1) is 0 Å². The molecule has 0 saturated carbocycles. The van der Waals surface area contributed by atoms with E-state index in [1.54, 1.807) is 23.0 Å². The van der Waals surface area contributed by atoms with Gasteiger partial charge in [-0.05, 0) is 12.5 Å². The number of nitrogens with two attached hydrogens (primary N) is 1. The number of anilines is 1. The summed E-state index contributed by atoms with van der Waals surface area (Å²) in [7, 11) is -16.2. The van der Waals surface area contributed by atoms with Crippen LogP contribution in [-0.2, 0) is 31.6 Å². The predicted octanol–water partition coefficient (Wildman–Crippen LogP) is 1.33.